The van der Waals surface area contributed by atoms with E-state index in [1.54, 1.807) is 6.07 Å². The highest BCUT2D eigenvalue weighted by molar-refractivity contribution is 5.93. The summed E-state index contributed by atoms with van der Waals surface area (Å²) in [6.07, 6.45) is 1.40. The predicted molar refractivity (Wildman–Crippen MR) is 75.6 cm³/mol. The second-order valence-electron chi connectivity index (χ2n) is 4.42. The molecule has 0 spiro atoms. The summed E-state index contributed by atoms with van der Waals surface area (Å²) in [5.41, 5.74) is 7.07. The van der Waals surface area contributed by atoms with E-state index >= 15 is 0 Å². The third kappa shape index (κ3) is 3.86. The molecule has 2 aromatic rings. The zero-order valence-electron chi connectivity index (χ0n) is 11.4. The average molecular weight is 274 g/mol. The molecule has 0 aliphatic heterocycles. The van der Waals surface area contributed by atoms with E-state index in [1.807, 2.05) is 31.2 Å². The lowest BCUT2D eigenvalue weighted by Crippen LogP contribution is -2.27. The molecule has 20 heavy (non-hydrogen) atoms. The molecule has 0 radical (unpaired) electrons. The van der Waals surface area contributed by atoms with Crippen molar-refractivity contribution in [2.24, 2.45) is 5.73 Å². The molecule has 1 aromatic heterocycles. The number of benzene rings is 1. The molecule has 0 saturated heterocycles. The van der Waals surface area contributed by atoms with Crippen LogP contribution in [0.4, 0.5) is 0 Å². The normalized spacial score (nSPS) is 10.3. The smallest absolute Gasteiger partial charge is 0.254 e. The average Bonchev–Trinajstić information content (AvgIpc) is 2.94. The fourth-order valence-electron chi connectivity index (χ4n) is 1.68. The first-order chi connectivity index (χ1) is 9.69. The first-order valence-corrected chi connectivity index (χ1v) is 6.44. The Morgan fingerprint density at radius 3 is 2.75 bits per heavy atom. The summed E-state index contributed by atoms with van der Waals surface area (Å²) in [5.74, 6) is 1.19. The highest BCUT2D eigenvalue weighted by Gasteiger charge is 2.08. The van der Waals surface area contributed by atoms with Gasteiger partial charge in [-0.15, -0.1) is 0 Å². The van der Waals surface area contributed by atoms with Crippen molar-refractivity contribution in [2.45, 2.75) is 13.5 Å². The van der Waals surface area contributed by atoms with Gasteiger partial charge in [-0.05, 0) is 25.1 Å². The third-order valence-electron chi connectivity index (χ3n) is 2.79. The first-order valence-electron chi connectivity index (χ1n) is 6.44. The van der Waals surface area contributed by atoms with Crippen LogP contribution < -0.4 is 15.8 Å². The van der Waals surface area contributed by atoms with E-state index in [2.05, 4.69) is 5.32 Å². The predicted octanol–water partition coefficient (Wildman–Crippen LogP) is 1.86. The number of carbonyl (C=O) groups excluding carboxylic acids is 1. The Bertz CT molecular complexity index is 561. The standard InChI is InChI=1S/C15H18N2O3/c1-11-2-4-13(5-3-11)19-7-6-17-15(18)12-8-14(9-16)20-10-12/h2-5,8,10H,6-7,9,16H2,1H3,(H,17,18). The second-order valence-corrected chi connectivity index (χ2v) is 4.42. The van der Waals surface area contributed by atoms with Crippen molar-refractivity contribution in [3.8, 4) is 5.75 Å². The molecular formula is C15H18N2O3. The summed E-state index contributed by atoms with van der Waals surface area (Å²) >= 11 is 0. The quantitative estimate of drug-likeness (QED) is 0.788. The number of aryl methyl sites for hydroxylation is 1. The van der Waals surface area contributed by atoms with Crippen LogP contribution in [-0.4, -0.2) is 19.1 Å². The number of amides is 1. The van der Waals surface area contributed by atoms with Crippen LogP contribution in [0.2, 0.25) is 0 Å². The molecule has 3 N–H and O–H groups in total. The van der Waals surface area contributed by atoms with Gasteiger partial charge in [0.15, 0.2) is 0 Å². The molecule has 5 heteroatoms. The maximum atomic E-state index is 11.8. The number of nitrogens with two attached hydrogens (primary N) is 1. The Hall–Kier alpha value is -2.27. The number of hydrogen-bond donors (Lipinski definition) is 2. The van der Waals surface area contributed by atoms with Crippen molar-refractivity contribution in [1.29, 1.82) is 0 Å². The zero-order valence-corrected chi connectivity index (χ0v) is 11.4. The van der Waals surface area contributed by atoms with Crippen molar-refractivity contribution in [2.75, 3.05) is 13.2 Å². The van der Waals surface area contributed by atoms with Gasteiger partial charge in [0.05, 0.1) is 18.7 Å². The van der Waals surface area contributed by atoms with Crippen LogP contribution in [0.3, 0.4) is 0 Å². The van der Waals surface area contributed by atoms with Gasteiger partial charge in [0.2, 0.25) is 0 Å². The first kappa shape index (κ1) is 14.1. The van der Waals surface area contributed by atoms with Crippen LogP contribution in [0.1, 0.15) is 21.7 Å². The van der Waals surface area contributed by atoms with E-state index in [0.717, 1.165) is 5.75 Å². The summed E-state index contributed by atoms with van der Waals surface area (Å²) in [4.78, 5) is 11.8. The lowest BCUT2D eigenvalue weighted by atomic mass is 10.2. The number of carbonyl (C=O) groups is 1. The SMILES string of the molecule is Cc1ccc(OCCNC(=O)c2coc(CN)c2)cc1. The Balaban J connectivity index is 1.72. The van der Waals surface area contributed by atoms with Gasteiger partial charge in [-0.3, -0.25) is 4.79 Å². The molecule has 1 heterocycles. The van der Waals surface area contributed by atoms with Crippen LogP contribution in [0.5, 0.6) is 5.75 Å². The third-order valence-corrected chi connectivity index (χ3v) is 2.79. The lowest BCUT2D eigenvalue weighted by molar-refractivity contribution is 0.0946. The van der Waals surface area contributed by atoms with Gasteiger partial charge in [-0.25, -0.2) is 0 Å². The van der Waals surface area contributed by atoms with Crippen LogP contribution in [0.15, 0.2) is 41.0 Å². The molecule has 0 fully saturated rings. The second kappa shape index (κ2) is 6.77. The molecular weight excluding hydrogens is 256 g/mol. The summed E-state index contributed by atoms with van der Waals surface area (Å²) in [6, 6.07) is 9.40. The van der Waals surface area contributed by atoms with Crippen LogP contribution in [-0.2, 0) is 6.54 Å². The molecule has 1 aromatic carbocycles. The van der Waals surface area contributed by atoms with Crippen molar-refractivity contribution in [3.63, 3.8) is 0 Å². The van der Waals surface area contributed by atoms with Gasteiger partial charge in [0.1, 0.15) is 24.4 Å². The van der Waals surface area contributed by atoms with E-state index in [0.29, 0.717) is 24.5 Å². The minimum Gasteiger partial charge on any atom is -0.492 e. The van der Waals surface area contributed by atoms with Gasteiger partial charge in [-0.2, -0.15) is 0 Å². The highest BCUT2D eigenvalue weighted by Crippen LogP contribution is 2.11. The molecule has 0 aliphatic rings. The lowest BCUT2D eigenvalue weighted by Gasteiger charge is -2.07. The van der Waals surface area contributed by atoms with Gasteiger partial charge in [0.25, 0.3) is 5.91 Å². The molecule has 106 valence electrons. The van der Waals surface area contributed by atoms with Gasteiger partial charge in [0, 0.05) is 0 Å². The van der Waals surface area contributed by atoms with Gasteiger partial charge in [-0.1, -0.05) is 17.7 Å². The summed E-state index contributed by atoms with van der Waals surface area (Å²) < 4.78 is 10.6. The maximum Gasteiger partial charge on any atom is 0.254 e. The molecule has 0 bridgehead atoms. The topological polar surface area (TPSA) is 77.5 Å². The minimum absolute atomic E-state index is 0.194. The molecule has 5 nitrogen and oxygen atoms in total. The van der Waals surface area contributed by atoms with Crippen LogP contribution in [0, 0.1) is 6.92 Å². The minimum atomic E-state index is -0.194. The van der Waals surface area contributed by atoms with Crippen molar-refractivity contribution < 1.29 is 13.9 Å². The van der Waals surface area contributed by atoms with Crippen molar-refractivity contribution >= 4 is 5.91 Å². The molecule has 0 aliphatic carbocycles. The summed E-state index contributed by atoms with van der Waals surface area (Å²) in [7, 11) is 0. The zero-order chi connectivity index (χ0) is 14.4. The fourth-order valence-corrected chi connectivity index (χ4v) is 1.68. The van der Waals surface area contributed by atoms with Gasteiger partial charge >= 0.3 is 0 Å². The van der Waals surface area contributed by atoms with Crippen molar-refractivity contribution in [3.05, 3.63) is 53.5 Å². The number of furan rings is 1. The molecule has 0 saturated carbocycles. The van der Waals surface area contributed by atoms with Crippen LogP contribution >= 0.6 is 0 Å². The summed E-state index contributed by atoms with van der Waals surface area (Å²) in [5, 5.41) is 2.75. The number of hydrogen-bond acceptors (Lipinski definition) is 4. The number of rotatable bonds is 6. The highest BCUT2D eigenvalue weighted by atomic mass is 16.5. The molecule has 1 amide bonds. The number of ether oxygens (including phenoxy) is 1. The van der Waals surface area contributed by atoms with E-state index in [9.17, 15) is 4.79 Å². The fraction of sp³-hybridized carbons (Fsp3) is 0.267. The monoisotopic (exact) mass is 274 g/mol. The Morgan fingerprint density at radius 1 is 1.35 bits per heavy atom. The molecule has 0 atom stereocenters. The summed E-state index contributed by atoms with van der Waals surface area (Å²) in [6.45, 7) is 3.14. The molecule has 2 rings (SSSR count). The van der Waals surface area contributed by atoms with E-state index < -0.39 is 0 Å². The molecule has 0 unspecified atom stereocenters. The maximum absolute atomic E-state index is 11.8. The number of nitrogens with one attached hydrogen (secondary N) is 1. The van der Waals surface area contributed by atoms with Crippen LogP contribution in [0.25, 0.3) is 0 Å². The van der Waals surface area contributed by atoms with E-state index in [4.69, 9.17) is 14.9 Å². The Kier molecular flexibility index (Phi) is 4.79. The van der Waals surface area contributed by atoms with Gasteiger partial charge < -0.3 is 20.2 Å². The van der Waals surface area contributed by atoms with Crippen molar-refractivity contribution in [1.82, 2.24) is 5.32 Å². The van der Waals surface area contributed by atoms with E-state index in [-0.39, 0.29) is 12.5 Å². The Labute approximate surface area is 117 Å². The largest absolute Gasteiger partial charge is 0.492 e. The van der Waals surface area contributed by atoms with E-state index in [1.165, 1.54) is 11.8 Å². The Morgan fingerprint density at radius 2 is 2.10 bits per heavy atom.